The van der Waals surface area contributed by atoms with Crippen molar-refractivity contribution in [3.63, 3.8) is 0 Å². The van der Waals surface area contributed by atoms with Crippen molar-refractivity contribution >= 4 is 40.5 Å². The smallest absolute Gasteiger partial charge is 0.305 e. The van der Waals surface area contributed by atoms with Crippen LogP contribution < -0.4 is 14.8 Å². The minimum absolute atomic E-state index is 0.207. The molecule has 0 radical (unpaired) electrons. The number of methoxy groups -OCH3 is 3. The first kappa shape index (κ1) is 25.0. The Morgan fingerprint density at radius 2 is 2.00 bits per heavy atom. The van der Waals surface area contributed by atoms with Gasteiger partial charge in [-0.05, 0) is 24.3 Å². The van der Waals surface area contributed by atoms with Gasteiger partial charge in [-0.2, -0.15) is 0 Å². The fourth-order valence-electron chi connectivity index (χ4n) is 3.92. The Morgan fingerprint density at radius 3 is 2.74 bits per heavy atom. The first-order chi connectivity index (χ1) is 16.9. The summed E-state index contributed by atoms with van der Waals surface area (Å²) >= 11 is 12.0. The average molecular weight is 517 g/mol. The topological polar surface area (TPSA) is 92.1 Å². The van der Waals surface area contributed by atoms with Crippen molar-refractivity contribution < 1.29 is 28.2 Å². The maximum atomic E-state index is 11.4. The zero-order valence-electron chi connectivity index (χ0n) is 19.5. The summed E-state index contributed by atoms with van der Waals surface area (Å²) in [5, 5.41) is 3.85. The van der Waals surface area contributed by atoms with Gasteiger partial charge < -0.3 is 28.7 Å². The Bertz CT molecular complexity index is 1230. The number of carbonyl (C=O) groups excluding carboxylic acids is 1. The van der Waals surface area contributed by atoms with Gasteiger partial charge >= 0.3 is 5.97 Å². The van der Waals surface area contributed by atoms with E-state index in [4.69, 9.17) is 42.4 Å². The average Bonchev–Trinajstić information content (AvgIpc) is 3.27. The van der Waals surface area contributed by atoms with E-state index in [1.54, 1.807) is 26.5 Å². The van der Waals surface area contributed by atoms with E-state index in [1.165, 1.54) is 7.11 Å². The fourth-order valence-corrected chi connectivity index (χ4v) is 4.35. The molecule has 184 valence electrons. The molecule has 10 heteroatoms. The van der Waals surface area contributed by atoms with E-state index >= 15 is 0 Å². The largest absolute Gasteiger partial charge is 0.493 e. The third kappa shape index (κ3) is 5.58. The third-order valence-electron chi connectivity index (χ3n) is 5.63. The number of ether oxygens (including phenoxy) is 4. The van der Waals surface area contributed by atoms with Crippen LogP contribution in [0.5, 0.6) is 11.5 Å². The van der Waals surface area contributed by atoms with E-state index in [9.17, 15) is 4.79 Å². The second-order valence-electron chi connectivity index (χ2n) is 7.81. The molecule has 0 unspecified atom stereocenters. The highest BCUT2D eigenvalue weighted by Gasteiger charge is 2.33. The van der Waals surface area contributed by atoms with Crippen molar-refractivity contribution in [2.24, 2.45) is 0 Å². The molecule has 1 N–H and O–H groups in total. The second kappa shape index (κ2) is 11.1. The van der Waals surface area contributed by atoms with Gasteiger partial charge in [-0.25, -0.2) is 4.98 Å². The Morgan fingerprint density at radius 1 is 1.17 bits per heavy atom. The van der Waals surface area contributed by atoms with Gasteiger partial charge in [-0.3, -0.25) is 4.79 Å². The monoisotopic (exact) mass is 516 g/mol. The number of hydrogen-bond acceptors (Lipinski definition) is 8. The van der Waals surface area contributed by atoms with Gasteiger partial charge in [0.1, 0.15) is 23.0 Å². The first-order valence-electron chi connectivity index (χ1n) is 10.9. The predicted octanol–water partition coefficient (Wildman–Crippen LogP) is 4.92. The lowest BCUT2D eigenvalue weighted by atomic mass is 9.98. The summed E-state index contributed by atoms with van der Waals surface area (Å²) in [7, 11) is 4.52. The van der Waals surface area contributed by atoms with E-state index in [0.29, 0.717) is 39.6 Å². The molecule has 0 fully saturated rings. The van der Waals surface area contributed by atoms with Crippen molar-refractivity contribution in [2.45, 2.75) is 31.5 Å². The number of oxazole rings is 1. The van der Waals surface area contributed by atoms with Crippen molar-refractivity contribution in [3.05, 3.63) is 70.4 Å². The van der Waals surface area contributed by atoms with Gasteiger partial charge in [0.05, 0.1) is 40.4 Å². The van der Waals surface area contributed by atoms with Gasteiger partial charge in [-0.1, -0.05) is 36.0 Å². The van der Waals surface area contributed by atoms with Crippen LogP contribution in [0.3, 0.4) is 0 Å². The molecule has 0 amide bonds. The van der Waals surface area contributed by atoms with Crippen molar-refractivity contribution in [1.82, 2.24) is 4.98 Å². The summed E-state index contributed by atoms with van der Waals surface area (Å²) < 4.78 is 28.3. The Kier molecular flexibility index (Phi) is 7.90. The molecule has 2 aromatic carbocycles. The van der Waals surface area contributed by atoms with E-state index in [0.717, 1.165) is 16.8 Å². The zero-order chi connectivity index (χ0) is 24.9. The Balaban J connectivity index is 1.67. The normalized spacial score (nSPS) is 17.2. The van der Waals surface area contributed by atoms with Crippen LogP contribution in [0, 0.1) is 0 Å². The molecule has 0 saturated carbocycles. The van der Waals surface area contributed by atoms with Crippen molar-refractivity contribution in [3.8, 4) is 11.5 Å². The molecule has 0 saturated heterocycles. The summed E-state index contributed by atoms with van der Waals surface area (Å²) in [6.45, 7) is 0. The number of esters is 1. The van der Waals surface area contributed by atoms with Gasteiger partial charge in [0.25, 0.3) is 0 Å². The van der Waals surface area contributed by atoms with E-state index in [1.807, 2.05) is 30.3 Å². The number of rotatable bonds is 8. The van der Waals surface area contributed by atoms with Crippen molar-refractivity contribution in [2.75, 3.05) is 26.6 Å². The second-order valence-corrected chi connectivity index (χ2v) is 8.69. The van der Waals surface area contributed by atoms with Crippen LogP contribution in [0.4, 0.5) is 5.69 Å². The number of hydrogen-bond donors (Lipinski definition) is 1. The summed E-state index contributed by atoms with van der Waals surface area (Å²) in [6.07, 6.45) is 1.35. The van der Waals surface area contributed by atoms with Gasteiger partial charge in [0, 0.05) is 28.3 Å². The number of aromatic nitrogens is 1. The Labute approximate surface area is 213 Å². The number of nitrogens with zero attached hydrogens (tertiary/aromatic N) is 1. The molecule has 1 aliphatic heterocycles. The molecule has 35 heavy (non-hydrogen) atoms. The number of carbonyl (C=O) groups is 1. The highest BCUT2D eigenvalue weighted by Crippen LogP contribution is 2.43. The first-order valence-corrected chi connectivity index (χ1v) is 11.7. The number of nitrogens with one attached hydrogen (secondary N) is 1. The van der Waals surface area contributed by atoms with Crippen LogP contribution in [-0.4, -0.2) is 43.4 Å². The van der Waals surface area contributed by atoms with E-state index < -0.39 is 12.2 Å². The predicted molar refractivity (Wildman–Crippen MR) is 134 cm³/mol. The lowest BCUT2D eigenvalue weighted by Gasteiger charge is -2.24. The van der Waals surface area contributed by atoms with Crippen LogP contribution >= 0.6 is 23.8 Å². The molecule has 0 bridgehead atoms. The Hall–Kier alpha value is -3.14. The van der Waals surface area contributed by atoms with Crippen LogP contribution in [0.15, 0.2) is 47.0 Å². The number of thiocarbonyl (C=S) groups is 1. The maximum Gasteiger partial charge on any atom is 0.305 e. The zero-order valence-corrected chi connectivity index (χ0v) is 21.1. The number of fused-ring (bicyclic) bond motifs is 1. The molecule has 3 aromatic rings. The maximum absolute atomic E-state index is 11.4. The highest BCUT2D eigenvalue weighted by molar-refractivity contribution is 7.80. The van der Waals surface area contributed by atoms with Crippen LogP contribution in [0.25, 0.3) is 0 Å². The highest BCUT2D eigenvalue weighted by atomic mass is 35.5. The molecule has 2 heterocycles. The van der Waals surface area contributed by atoms with Gasteiger partial charge in [0.2, 0.25) is 0 Å². The minimum Gasteiger partial charge on any atom is -0.493 e. The number of aryl methyl sites for hydroxylation is 1. The summed E-state index contributed by atoms with van der Waals surface area (Å²) in [5.41, 5.74) is 2.35. The molecule has 2 atom stereocenters. The van der Waals surface area contributed by atoms with Gasteiger partial charge in [0.15, 0.2) is 17.4 Å². The van der Waals surface area contributed by atoms with Crippen LogP contribution in [-0.2, 0) is 27.1 Å². The van der Waals surface area contributed by atoms with Crippen LogP contribution in [0.1, 0.15) is 35.3 Å². The fraction of sp³-hybridized carbons (Fsp3) is 0.320. The van der Waals surface area contributed by atoms with Gasteiger partial charge in [-0.15, -0.1) is 0 Å². The molecule has 0 aliphatic carbocycles. The minimum atomic E-state index is -0.569. The number of para-hydroxylation sites is 1. The molecule has 8 nitrogen and oxygen atoms in total. The summed E-state index contributed by atoms with van der Waals surface area (Å²) in [6, 6.07) is 11.1. The lowest BCUT2D eigenvalue weighted by Crippen LogP contribution is -2.30. The SMILES string of the molecule is COC(=O)CCc1cnc(C[C@H]2O[C@H](c3cccc(OC)c3OC)c3cc(Cl)ccc3NC2=S)o1. The molecule has 1 aliphatic rings. The number of anilines is 1. The number of halogens is 1. The quantitative estimate of drug-likeness (QED) is 0.330. The van der Waals surface area contributed by atoms with Crippen LogP contribution in [0.2, 0.25) is 5.02 Å². The molecule has 0 spiro atoms. The molecular weight excluding hydrogens is 492 g/mol. The van der Waals surface area contributed by atoms with E-state index in [-0.39, 0.29) is 18.8 Å². The molecule has 1 aromatic heterocycles. The lowest BCUT2D eigenvalue weighted by molar-refractivity contribution is -0.140. The van der Waals surface area contributed by atoms with E-state index in [2.05, 4.69) is 15.0 Å². The summed E-state index contributed by atoms with van der Waals surface area (Å²) in [4.78, 5) is 16.3. The number of benzene rings is 2. The summed E-state index contributed by atoms with van der Waals surface area (Å²) in [5.74, 6) is 1.85. The molecular formula is C25H25ClN2O6S. The third-order valence-corrected chi connectivity index (χ3v) is 6.23. The van der Waals surface area contributed by atoms with Crippen molar-refractivity contribution in [1.29, 1.82) is 0 Å². The standard InChI is InChI=1S/C25H25ClN2O6S/c1-30-19-6-4-5-16(24(19)32-3)23-17-11-14(26)7-9-18(17)28-25(35)20(34-23)12-21-27-13-15(33-21)8-10-22(29)31-2/h4-7,9,11,13,20,23H,8,10,12H2,1-3H3,(H,28,35)/t20-,23-/m1/s1. The molecule has 4 rings (SSSR count).